The van der Waals surface area contributed by atoms with Crippen LogP contribution in [0.5, 0.6) is 0 Å². The van der Waals surface area contributed by atoms with E-state index in [1.54, 1.807) is 18.6 Å². The van der Waals surface area contributed by atoms with Crippen molar-refractivity contribution in [2.75, 3.05) is 5.32 Å². The van der Waals surface area contributed by atoms with Gasteiger partial charge in [0.15, 0.2) is 5.13 Å². The van der Waals surface area contributed by atoms with Gasteiger partial charge in [-0.3, -0.25) is 15.1 Å². The topological polar surface area (TPSA) is 54.9 Å². The van der Waals surface area contributed by atoms with Crippen molar-refractivity contribution in [3.05, 3.63) is 40.7 Å². The van der Waals surface area contributed by atoms with Crippen LogP contribution in [0.3, 0.4) is 0 Å². The Hall–Kier alpha value is -2.19. The van der Waals surface area contributed by atoms with E-state index in [1.807, 2.05) is 6.07 Å². The summed E-state index contributed by atoms with van der Waals surface area (Å²) in [7, 11) is 0. The quantitative estimate of drug-likeness (QED) is 0.874. The first-order chi connectivity index (χ1) is 10.6. The predicted octanol–water partition coefficient (Wildman–Crippen LogP) is 3.92. The first-order valence-corrected chi connectivity index (χ1v) is 8.17. The summed E-state index contributed by atoms with van der Waals surface area (Å²) in [5, 5.41) is 3.41. The summed E-state index contributed by atoms with van der Waals surface area (Å²) >= 11 is 1.40. The summed E-state index contributed by atoms with van der Waals surface area (Å²) in [6.45, 7) is 4.11. The predicted molar refractivity (Wildman–Crippen MR) is 90.1 cm³/mol. The molecule has 0 spiro atoms. The average Bonchev–Trinajstić information content (AvgIpc) is 3.24. The van der Waals surface area contributed by atoms with Gasteiger partial charge in [0.2, 0.25) is 0 Å². The van der Waals surface area contributed by atoms with Gasteiger partial charge in [-0.15, -0.1) is 0 Å². The monoisotopic (exact) mass is 313 g/mol. The fourth-order valence-electron chi connectivity index (χ4n) is 2.05. The van der Waals surface area contributed by atoms with Gasteiger partial charge in [0.25, 0.3) is 5.91 Å². The number of nitrogens with zero attached hydrogens (tertiary/aromatic N) is 2. The second-order valence-electron chi connectivity index (χ2n) is 5.65. The van der Waals surface area contributed by atoms with Gasteiger partial charge in [-0.2, -0.15) is 0 Å². The number of carbonyl (C=O) groups excluding carboxylic acids is 1. The smallest absolute Gasteiger partial charge is 0.259 e. The second-order valence-corrected chi connectivity index (χ2v) is 6.68. The van der Waals surface area contributed by atoms with Crippen LogP contribution in [0.2, 0.25) is 0 Å². The molecule has 1 N–H and O–H groups in total. The van der Waals surface area contributed by atoms with Gasteiger partial charge in [0.05, 0.1) is 16.6 Å². The third-order valence-electron chi connectivity index (χ3n) is 3.42. The molecule has 0 aliphatic heterocycles. The number of hydrogen-bond donors (Lipinski definition) is 1. The highest BCUT2D eigenvalue weighted by atomic mass is 32.1. The SMILES string of the molecule is CC(C)c1ccncc1C(=O)Nc1ncc(C#CC2CC2)s1.[HH]. The number of anilines is 1. The first-order valence-electron chi connectivity index (χ1n) is 7.36. The van der Waals surface area contributed by atoms with E-state index in [9.17, 15) is 4.79 Å². The van der Waals surface area contributed by atoms with E-state index in [2.05, 4.69) is 41.0 Å². The number of nitrogens with one attached hydrogen (secondary N) is 1. The van der Waals surface area contributed by atoms with E-state index < -0.39 is 0 Å². The summed E-state index contributed by atoms with van der Waals surface area (Å²) in [5.74, 6) is 6.95. The van der Waals surface area contributed by atoms with Crippen LogP contribution >= 0.6 is 11.3 Å². The zero-order chi connectivity index (χ0) is 15.5. The minimum absolute atomic E-state index is 0. The summed E-state index contributed by atoms with van der Waals surface area (Å²) in [4.78, 5) is 21.6. The molecule has 22 heavy (non-hydrogen) atoms. The fraction of sp³-hybridized carbons (Fsp3) is 0.353. The van der Waals surface area contributed by atoms with Crippen LogP contribution in [0.15, 0.2) is 24.7 Å². The van der Waals surface area contributed by atoms with Crippen molar-refractivity contribution in [3.8, 4) is 11.8 Å². The molecule has 2 aromatic heterocycles. The highest BCUT2D eigenvalue weighted by Crippen LogP contribution is 2.28. The third-order valence-corrected chi connectivity index (χ3v) is 4.25. The Balaban J connectivity index is 0.00000192. The maximum Gasteiger partial charge on any atom is 0.259 e. The Bertz CT molecular complexity index is 756. The summed E-state index contributed by atoms with van der Waals surface area (Å²) < 4.78 is 0. The van der Waals surface area contributed by atoms with Gasteiger partial charge in [0, 0.05) is 19.7 Å². The standard InChI is InChI=1S/C17H17N3OS.H2/c1-11(2)14-7-8-18-10-15(14)16(21)20-17-19-9-13(22-17)6-5-12-3-4-12;/h7-12H,3-4H2,1-2H3,(H,19,20,21);1H. The van der Waals surface area contributed by atoms with Crippen molar-refractivity contribution in [3.63, 3.8) is 0 Å². The number of hydrogen-bond acceptors (Lipinski definition) is 4. The van der Waals surface area contributed by atoms with Crippen LogP contribution in [-0.2, 0) is 0 Å². The molecule has 0 aromatic carbocycles. The molecular weight excluding hydrogens is 294 g/mol. The Morgan fingerprint density at radius 3 is 3.00 bits per heavy atom. The minimum Gasteiger partial charge on any atom is -0.298 e. The normalized spacial score (nSPS) is 13.6. The Kier molecular flexibility index (Phi) is 4.21. The van der Waals surface area contributed by atoms with E-state index in [4.69, 9.17) is 0 Å². The lowest BCUT2D eigenvalue weighted by Gasteiger charge is -2.10. The van der Waals surface area contributed by atoms with E-state index in [0.29, 0.717) is 16.6 Å². The van der Waals surface area contributed by atoms with Gasteiger partial charge >= 0.3 is 0 Å². The molecule has 2 heterocycles. The summed E-state index contributed by atoms with van der Waals surface area (Å²) in [5.41, 5.74) is 1.58. The molecule has 2 aromatic rings. The van der Waals surface area contributed by atoms with Crippen molar-refractivity contribution in [2.24, 2.45) is 5.92 Å². The van der Waals surface area contributed by atoms with Crippen LogP contribution in [0.1, 0.15) is 54.8 Å². The zero-order valence-electron chi connectivity index (χ0n) is 12.6. The van der Waals surface area contributed by atoms with E-state index in [0.717, 1.165) is 10.4 Å². The van der Waals surface area contributed by atoms with Crippen LogP contribution in [0.4, 0.5) is 5.13 Å². The minimum atomic E-state index is -0.173. The van der Waals surface area contributed by atoms with Gasteiger partial charge < -0.3 is 0 Å². The molecule has 1 saturated carbocycles. The Morgan fingerprint density at radius 2 is 2.27 bits per heavy atom. The molecule has 4 nitrogen and oxygen atoms in total. The number of amides is 1. The molecule has 1 aliphatic carbocycles. The zero-order valence-corrected chi connectivity index (χ0v) is 13.4. The molecule has 1 aliphatic rings. The van der Waals surface area contributed by atoms with Crippen LogP contribution < -0.4 is 5.32 Å². The Morgan fingerprint density at radius 1 is 1.45 bits per heavy atom. The lowest BCUT2D eigenvalue weighted by atomic mass is 9.99. The largest absolute Gasteiger partial charge is 0.298 e. The summed E-state index contributed by atoms with van der Waals surface area (Å²) in [6, 6.07) is 1.88. The van der Waals surface area contributed by atoms with Crippen molar-refractivity contribution >= 4 is 22.4 Å². The fourth-order valence-corrected chi connectivity index (χ4v) is 2.73. The molecule has 0 radical (unpaired) electrons. The molecule has 1 fully saturated rings. The Labute approximate surface area is 135 Å². The van der Waals surface area contributed by atoms with Crippen molar-refractivity contribution in [2.45, 2.75) is 32.6 Å². The highest BCUT2D eigenvalue weighted by molar-refractivity contribution is 7.16. The van der Waals surface area contributed by atoms with Gasteiger partial charge in [-0.05, 0) is 30.4 Å². The number of rotatable bonds is 3. The van der Waals surface area contributed by atoms with Crippen LogP contribution in [-0.4, -0.2) is 15.9 Å². The van der Waals surface area contributed by atoms with E-state index in [1.165, 1.54) is 24.2 Å². The third kappa shape index (κ3) is 3.52. The maximum absolute atomic E-state index is 12.4. The highest BCUT2D eigenvalue weighted by Gasteiger charge is 2.18. The van der Waals surface area contributed by atoms with E-state index >= 15 is 0 Å². The molecule has 0 unspecified atom stereocenters. The molecule has 1 amide bonds. The van der Waals surface area contributed by atoms with Gasteiger partial charge in [0.1, 0.15) is 0 Å². The van der Waals surface area contributed by atoms with Gasteiger partial charge in [-0.25, -0.2) is 4.98 Å². The van der Waals surface area contributed by atoms with Crippen molar-refractivity contribution in [1.82, 2.24) is 9.97 Å². The molecule has 0 atom stereocenters. The number of carbonyl (C=O) groups is 1. The molecule has 3 rings (SSSR count). The number of pyridine rings is 1. The summed E-state index contributed by atoms with van der Waals surface area (Å²) in [6.07, 6.45) is 7.43. The average molecular weight is 313 g/mol. The molecule has 114 valence electrons. The van der Waals surface area contributed by atoms with Crippen LogP contribution in [0, 0.1) is 17.8 Å². The number of thiazole rings is 1. The second kappa shape index (κ2) is 6.29. The lowest BCUT2D eigenvalue weighted by Crippen LogP contribution is -2.15. The molecule has 0 bridgehead atoms. The molecular formula is C17H19N3OS. The van der Waals surface area contributed by atoms with Crippen LogP contribution in [0.25, 0.3) is 0 Å². The first kappa shape index (κ1) is 14.7. The number of aromatic nitrogens is 2. The van der Waals surface area contributed by atoms with Crippen molar-refractivity contribution in [1.29, 1.82) is 0 Å². The van der Waals surface area contributed by atoms with Crippen molar-refractivity contribution < 1.29 is 6.22 Å². The van der Waals surface area contributed by atoms with E-state index in [-0.39, 0.29) is 13.3 Å². The van der Waals surface area contributed by atoms with Gasteiger partial charge in [-0.1, -0.05) is 37.0 Å². The molecule has 0 saturated heterocycles. The lowest BCUT2D eigenvalue weighted by molar-refractivity contribution is 0.102. The molecule has 5 heteroatoms. The maximum atomic E-state index is 12.4.